The fraction of sp³-hybridized carbons (Fsp3) is 0.381. The number of rotatable bonds is 7. The number of fused-ring (bicyclic) bond motifs is 1. The molecule has 0 spiro atoms. The zero-order chi connectivity index (χ0) is 19.1. The van der Waals surface area contributed by atoms with Gasteiger partial charge in [0.1, 0.15) is 0 Å². The topological polar surface area (TPSA) is 83.1 Å². The van der Waals surface area contributed by atoms with Crippen LogP contribution >= 0.6 is 0 Å². The van der Waals surface area contributed by atoms with E-state index in [2.05, 4.69) is 39.5 Å². The van der Waals surface area contributed by atoms with Gasteiger partial charge in [-0.15, -0.1) is 0 Å². The van der Waals surface area contributed by atoms with E-state index < -0.39 is 6.10 Å². The molecule has 1 unspecified atom stereocenters. The van der Waals surface area contributed by atoms with Crippen LogP contribution in [-0.4, -0.2) is 48.8 Å². The Kier molecular flexibility index (Phi) is 6.81. The standard InChI is InChI=1S/C21H28N4O2/c1-27-15-18-8-4-5-9-20(18)24-21(22)23-12-19(26)14-25-11-10-16-6-2-3-7-17(16)13-25/h2-9,19,26H,10-15H2,1H3,(H3,22,23,24). The first-order valence-corrected chi connectivity index (χ1v) is 9.26. The van der Waals surface area contributed by atoms with E-state index in [1.807, 2.05) is 24.3 Å². The molecule has 6 nitrogen and oxygen atoms in total. The summed E-state index contributed by atoms with van der Waals surface area (Å²) in [4.78, 5) is 6.56. The van der Waals surface area contributed by atoms with Gasteiger partial charge < -0.3 is 20.9 Å². The third-order valence-electron chi connectivity index (χ3n) is 4.73. The lowest BCUT2D eigenvalue weighted by Gasteiger charge is -2.30. The molecule has 0 aromatic heterocycles. The smallest absolute Gasteiger partial charge is 0.193 e. The van der Waals surface area contributed by atoms with Crippen molar-refractivity contribution in [1.82, 2.24) is 4.90 Å². The summed E-state index contributed by atoms with van der Waals surface area (Å²) < 4.78 is 5.19. The van der Waals surface area contributed by atoms with E-state index in [4.69, 9.17) is 10.5 Å². The van der Waals surface area contributed by atoms with Gasteiger partial charge in [0.2, 0.25) is 0 Å². The maximum Gasteiger partial charge on any atom is 0.193 e. The summed E-state index contributed by atoms with van der Waals surface area (Å²) in [6, 6.07) is 16.3. The van der Waals surface area contributed by atoms with Crippen LogP contribution < -0.4 is 11.1 Å². The van der Waals surface area contributed by atoms with Crippen LogP contribution in [0, 0.1) is 0 Å². The van der Waals surface area contributed by atoms with Crippen LogP contribution in [0.15, 0.2) is 53.5 Å². The molecule has 0 saturated heterocycles. The fourth-order valence-corrected chi connectivity index (χ4v) is 3.37. The Hall–Kier alpha value is -2.41. The van der Waals surface area contributed by atoms with Crippen molar-refractivity contribution in [2.45, 2.75) is 25.7 Å². The zero-order valence-corrected chi connectivity index (χ0v) is 15.8. The van der Waals surface area contributed by atoms with Gasteiger partial charge in [0.05, 0.1) is 19.3 Å². The minimum Gasteiger partial charge on any atom is -0.390 e. The molecule has 1 aliphatic rings. The first kappa shape index (κ1) is 19.4. The Morgan fingerprint density at radius 1 is 1.22 bits per heavy atom. The van der Waals surface area contributed by atoms with Crippen LogP contribution in [0.2, 0.25) is 0 Å². The van der Waals surface area contributed by atoms with Crippen molar-refractivity contribution in [3.05, 3.63) is 65.2 Å². The molecule has 3 rings (SSSR count). The minimum atomic E-state index is -0.551. The van der Waals surface area contributed by atoms with Crippen LogP contribution in [-0.2, 0) is 24.3 Å². The molecule has 1 aliphatic heterocycles. The summed E-state index contributed by atoms with van der Waals surface area (Å²) >= 11 is 0. The lowest BCUT2D eigenvalue weighted by molar-refractivity contribution is 0.112. The second-order valence-electron chi connectivity index (χ2n) is 6.85. The molecule has 2 aromatic carbocycles. The Morgan fingerprint density at radius 2 is 1.96 bits per heavy atom. The lowest BCUT2D eigenvalue weighted by atomic mass is 10.00. The lowest BCUT2D eigenvalue weighted by Crippen LogP contribution is -2.38. The van der Waals surface area contributed by atoms with E-state index in [0.29, 0.717) is 19.1 Å². The Balaban J connectivity index is 1.50. The second kappa shape index (κ2) is 9.50. The number of hydrogen-bond donors (Lipinski definition) is 3. The number of aliphatic hydroxyl groups is 1. The van der Waals surface area contributed by atoms with Crippen LogP contribution in [0.1, 0.15) is 16.7 Å². The van der Waals surface area contributed by atoms with Gasteiger partial charge in [-0.1, -0.05) is 42.5 Å². The van der Waals surface area contributed by atoms with Crippen molar-refractivity contribution in [1.29, 1.82) is 0 Å². The summed E-state index contributed by atoms with van der Waals surface area (Å²) in [5.74, 6) is 0.293. The molecule has 144 valence electrons. The number of aliphatic imine (C=N–C) groups is 1. The van der Waals surface area contributed by atoms with E-state index in [9.17, 15) is 5.11 Å². The fourth-order valence-electron chi connectivity index (χ4n) is 3.37. The average Bonchev–Trinajstić information content (AvgIpc) is 2.68. The number of ether oxygens (including phenoxy) is 1. The number of anilines is 1. The molecule has 0 radical (unpaired) electrons. The molecule has 0 aliphatic carbocycles. The van der Waals surface area contributed by atoms with Gasteiger partial charge in [-0.3, -0.25) is 9.89 Å². The molecule has 6 heteroatoms. The highest BCUT2D eigenvalue weighted by atomic mass is 16.5. The Labute approximate surface area is 160 Å². The van der Waals surface area contributed by atoms with Gasteiger partial charge >= 0.3 is 0 Å². The number of nitrogens with one attached hydrogen (secondary N) is 1. The maximum atomic E-state index is 10.4. The van der Waals surface area contributed by atoms with Crippen molar-refractivity contribution in [3.8, 4) is 0 Å². The molecule has 2 aromatic rings. The molecule has 4 N–H and O–H groups in total. The summed E-state index contributed by atoms with van der Waals surface area (Å²) in [6.07, 6.45) is 0.469. The SMILES string of the molecule is COCc1ccccc1NC(N)=NCC(O)CN1CCc2ccccc2C1. The van der Waals surface area contributed by atoms with Gasteiger partial charge in [0.25, 0.3) is 0 Å². The number of methoxy groups -OCH3 is 1. The molecule has 0 amide bonds. The number of para-hydroxylation sites is 1. The highest BCUT2D eigenvalue weighted by Gasteiger charge is 2.18. The monoisotopic (exact) mass is 368 g/mol. The molecule has 0 fully saturated rings. The van der Waals surface area contributed by atoms with E-state index >= 15 is 0 Å². The number of nitrogens with zero attached hydrogens (tertiary/aromatic N) is 2. The quantitative estimate of drug-likeness (QED) is 0.514. The van der Waals surface area contributed by atoms with Crippen LogP contribution in [0.3, 0.4) is 0 Å². The molecule has 0 saturated carbocycles. The molecule has 0 bridgehead atoms. The first-order valence-electron chi connectivity index (χ1n) is 9.26. The highest BCUT2D eigenvalue weighted by molar-refractivity contribution is 5.92. The Bertz CT molecular complexity index is 778. The third-order valence-corrected chi connectivity index (χ3v) is 4.73. The predicted octanol–water partition coefficient (Wildman–Crippen LogP) is 1.98. The van der Waals surface area contributed by atoms with Gasteiger partial charge in [0.15, 0.2) is 5.96 Å². The van der Waals surface area contributed by atoms with Crippen molar-refractivity contribution >= 4 is 11.6 Å². The number of nitrogens with two attached hydrogens (primary N) is 1. The van der Waals surface area contributed by atoms with E-state index in [-0.39, 0.29) is 6.54 Å². The summed E-state index contributed by atoms with van der Waals surface area (Å²) in [7, 11) is 1.66. The van der Waals surface area contributed by atoms with Crippen LogP contribution in [0.5, 0.6) is 0 Å². The number of β-amino-alcohol motifs (C(OH)–C–C–N with tert-alkyl or cyclic N) is 1. The van der Waals surface area contributed by atoms with Crippen molar-refractivity contribution in [3.63, 3.8) is 0 Å². The molecule has 27 heavy (non-hydrogen) atoms. The van der Waals surface area contributed by atoms with Crippen LogP contribution in [0.25, 0.3) is 0 Å². The molecule has 1 atom stereocenters. The van der Waals surface area contributed by atoms with Gasteiger partial charge in [0, 0.05) is 38.0 Å². The Morgan fingerprint density at radius 3 is 2.78 bits per heavy atom. The normalized spacial score (nSPS) is 16.0. The summed E-state index contributed by atoms with van der Waals surface area (Å²) in [5.41, 5.74) is 10.6. The van der Waals surface area contributed by atoms with Crippen molar-refractivity contribution in [2.75, 3.05) is 32.1 Å². The minimum absolute atomic E-state index is 0.267. The second-order valence-corrected chi connectivity index (χ2v) is 6.85. The first-order chi connectivity index (χ1) is 13.2. The predicted molar refractivity (Wildman–Crippen MR) is 109 cm³/mol. The summed E-state index contributed by atoms with van der Waals surface area (Å²) in [6.45, 7) is 3.18. The molecular weight excluding hydrogens is 340 g/mol. The average molecular weight is 368 g/mol. The van der Waals surface area contributed by atoms with Gasteiger partial charge in [-0.2, -0.15) is 0 Å². The molecular formula is C21H28N4O2. The third kappa shape index (κ3) is 5.53. The number of aliphatic hydroxyl groups excluding tert-OH is 1. The highest BCUT2D eigenvalue weighted by Crippen LogP contribution is 2.18. The van der Waals surface area contributed by atoms with E-state index in [1.54, 1.807) is 7.11 Å². The van der Waals surface area contributed by atoms with Crippen molar-refractivity contribution in [2.24, 2.45) is 10.7 Å². The van der Waals surface area contributed by atoms with Crippen molar-refractivity contribution < 1.29 is 9.84 Å². The number of guanidine groups is 1. The van der Waals surface area contributed by atoms with Gasteiger partial charge in [-0.05, 0) is 23.6 Å². The van der Waals surface area contributed by atoms with E-state index in [0.717, 1.165) is 30.8 Å². The van der Waals surface area contributed by atoms with E-state index in [1.165, 1.54) is 11.1 Å². The molecule has 1 heterocycles. The number of benzene rings is 2. The number of hydrogen-bond acceptors (Lipinski definition) is 4. The van der Waals surface area contributed by atoms with Crippen LogP contribution in [0.4, 0.5) is 5.69 Å². The largest absolute Gasteiger partial charge is 0.390 e. The maximum absolute atomic E-state index is 10.4. The van der Waals surface area contributed by atoms with Gasteiger partial charge in [-0.25, -0.2) is 0 Å². The zero-order valence-electron chi connectivity index (χ0n) is 15.8. The summed E-state index contributed by atoms with van der Waals surface area (Å²) in [5, 5.41) is 13.4.